The quantitative estimate of drug-likeness (QED) is 0.528. The third-order valence-corrected chi connectivity index (χ3v) is 1.32. The molecule has 0 aromatic carbocycles. The minimum Gasteiger partial charge on any atom is -0.486 e. The van der Waals surface area contributed by atoms with Crippen LogP contribution in [0.2, 0.25) is 0 Å². The zero-order chi connectivity index (χ0) is 6.81. The van der Waals surface area contributed by atoms with Crippen molar-refractivity contribution >= 4 is 6.08 Å². The van der Waals surface area contributed by atoms with Crippen LogP contribution in [0.1, 0.15) is 5.69 Å². The molecule has 2 rings (SSSR count). The van der Waals surface area contributed by atoms with Crippen LogP contribution < -0.4 is 4.74 Å². The fraction of sp³-hybridized carbons (Fsp3) is 0.143. The molecule has 0 unspecified atom stereocenters. The first-order chi connectivity index (χ1) is 4.97. The fourth-order valence-electron chi connectivity index (χ4n) is 0.860. The summed E-state index contributed by atoms with van der Waals surface area (Å²) in [5.41, 5.74) is 0.862. The van der Waals surface area contributed by atoms with Gasteiger partial charge in [0.25, 0.3) is 0 Å². The molecule has 10 heavy (non-hydrogen) atoms. The molecule has 1 aliphatic rings. The second kappa shape index (κ2) is 2.10. The molecule has 50 valence electrons. The fourth-order valence-corrected chi connectivity index (χ4v) is 0.860. The number of fused-ring (bicyclic) bond motifs is 1. The van der Waals surface area contributed by atoms with E-state index >= 15 is 0 Å². The van der Waals surface area contributed by atoms with E-state index in [1.165, 1.54) is 6.33 Å². The highest BCUT2D eigenvalue weighted by Gasteiger charge is 2.03. The summed E-state index contributed by atoms with van der Waals surface area (Å²) in [4.78, 5) is 7.82. The van der Waals surface area contributed by atoms with Gasteiger partial charge in [0, 0.05) is 0 Å². The molecule has 1 aromatic rings. The van der Waals surface area contributed by atoms with E-state index in [9.17, 15) is 0 Å². The lowest BCUT2D eigenvalue weighted by molar-refractivity contribution is 0.354. The Morgan fingerprint density at radius 1 is 1.50 bits per heavy atom. The van der Waals surface area contributed by atoms with Gasteiger partial charge in [-0.1, -0.05) is 0 Å². The van der Waals surface area contributed by atoms with E-state index in [1.807, 2.05) is 12.2 Å². The van der Waals surface area contributed by atoms with Crippen LogP contribution >= 0.6 is 0 Å². The number of rotatable bonds is 0. The van der Waals surface area contributed by atoms with Crippen LogP contribution in [0.5, 0.6) is 5.75 Å². The average Bonchev–Trinajstić information content (AvgIpc) is 2.05. The highest BCUT2D eigenvalue weighted by atomic mass is 16.5. The van der Waals surface area contributed by atoms with Crippen molar-refractivity contribution in [2.24, 2.45) is 0 Å². The van der Waals surface area contributed by atoms with Crippen molar-refractivity contribution in [1.29, 1.82) is 0 Å². The van der Waals surface area contributed by atoms with Gasteiger partial charge in [0.1, 0.15) is 18.6 Å². The molecular weight excluding hydrogens is 128 g/mol. The highest BCUT2D eigenvalue weighted by Crippen LogP contribution is 2.18. The Morgan fingerprint density at radius 2 is 2.50 bits per heavy atom. The molecule has 0 N–H and O–H groups in total. The lowest BCUT2D eigenvalue weighted by Crippen LogP contribution is -2.01. The second-order valence-corrected chi connectivity index (χ2v) is 1.99. The SMILES string of the molecule is C1=Cc2ncncc2OC1. The molecule has 0 saturated heterocycles. The number of hydrogen-bond donors (Lipinski definition) is 0. The first kappa shape index (κ1) is 5.41. The van der Waals surface area contributed by atoms with Crippen LogP contribution in [0.3, 0.4) is 0 Å². The van der Waals surface area contributed by atoms with Gasteiger partial charge in [0.05, 0.1) is 6.20 Å². The van der Waals surface area contributed by atoms with Crippen LogP contribution in [-0.4, -0.2) is 16.6 Å². The van der Waals surface area contributed by atoms with Gasteiger partial charge < -0.3 is 4.74 Å². The molecule has 0 radical (unpaired) electrons. The van der Waals surface area contributed by atoms with Crippen molar-refractivity contribution < 1.29 is 4.74 Å². The van der Waals surface area contributed by atoms with E-state index in [0.717, 1.165) is 11.4 Å². The van der Waals surface area contributed by atoms with Gasteiger partial charge in [-0.3, -0.25) is 0 Å². The molecule has 0 spiro atoms. The van der Waals surface area contributed by atoms with E-state index < -0.39 is 0 Å². The molecule has 0 amide bonds. The number of aromatic nitrogens is 2. The maximum absolute atomic E-state index is 5.21. The van der Waals surface area contributed by atoms with Crippen molar-refractivity contribution in [3.8, 4) is 5.75 Å². The first-order valence-corrected chi connectivity index (χ1v) is 3.06. The Labute approximate surface area is 58.4 Å². The van der Waals surface area contributed by atoms with E-state index in [1.54, 1.807) is 6.20 Å². The topological polar surface area (TPSA) is 35.0 Å². The lowest BCUT2D eigenvalue weighted by Gasteiger charge is -2.08. The third kappa shape index (κ3) is 0.757. The lowest BCUT2D eigenvalue weighted by atomic mass is 10.3. The number of hydrogen-bond acceptors (Lipinski definition) is 3. The molecule has 1 aliphatic heterocycles. The maximum atomic E-state index is 5.21. The molecule has 0 saturated carbocycles. The summed E-state index contributed by atoms with van der Waals surface area (Å²) < 4.78 is 5.21. The predicted molar refractivity (Wildman–Crippen MR) is 36.6 cm³/mol. The van der Waals surface area contributed by atoms with Crippen molar-refractivity contribution in [2.45, 2.75) is 0 Å². The van der Waals surface area contributed by atoms with Crippen molar-refractivity contribution in [1.82, 2.24) is 9.97 Å². The van der Waals surface area contributed by atoms with Crippen LogP contribution in [0.25, 0.3) is 6.08 Å². The number of ether oxygens (including phenoxy) is 1. The Hall–Kier alpha value is -1.38. The van der Waals surface area contributed by atoms with E-state index in [2.05, 4.69) is 9.97 Å². The first-order valence-electron chi connectivity index (χ1n) is 3.06. The van der Waals surface area contributed by atoms with Crippen LogP contribution in [0.15, 0.2) is 18.6 Å². The van der Waals surface area contributed by atoms with Gasteiger partial charge in [-0.15, -0.1) is 0 Å². The molecule has 0 fully saturated rings. The third-order valence-electron chi connectivity index (χ3n) is 1.32. The minimum absolute atomic E-state index is 0.625. The summed E-state index contributed by atoms with van der Waals surface area (Å²) >= 11 is 0. The summed E-state index contributed by atoms with van der Waals surface area (Å²) in [6.45, 7) is 0.625. The van der Waals surface area contributed by atoms with Gasteiger partial charge in [0.2, 0.25) is 0 Å². The van der Waals surface area contributed by atoms with Crippen molar-refractivity contribution in [2.75, 3.05) is 6.61 Å². The largest absolute Gasteiger partial charge is 0.486 e. The zero-order valence-electron chi connectivity index (χ0n) is 5.32. The summed E-state index contributed by atoms with van der Waals surface area (Å²) in [6.07, 6.45) is 7.04. The molecule has 2 heterocycles. The predicted octanol–water partition coefficient (Wildman–Crippen LogP) is 0.882. The highest BCUT2D eigenvalue weighted by molar-refractivity contribution is 5.53. The zero-order valence-corrected chi connectivity index (χ0v) is 5.32. The minimum atomic E-state index is 0.625. The van der Waals surface area contributed by atoms with Crippen LogP contribution in [0.4, 0.5) is 0 Å². The molecule has 0 aliphatic carbocycles. The summed E-state index contributed by atoms with van der Waals surface area (Å²) in [7, 11) is 0. The summed E-state index contributed by atoms with van der Waals surface area (Å²) in [6, 6.07) is 0. The Bertz CT molecular complexity index is 270. The molecule has 3 nitrogen and oxygen atoms in total. The maximum Gasteiger partial charge on any atom is 0.163 e. The molecule has 0 atom stereocenters. The van der Waals surface area contributed by atoms with Gasteiger partial charge in [-0.05, 0) is 12.2 Å². The Balaban J connectivity index is 2.54. The second-order valence-electron chi connectivity index (χ2n) is 1.99. The van der Waals surface area contributed by atoms with Crippen LogP contribution in [-0.2, 0) is 0 Å². The summed E-state index contributed by atoms with van der Waals surface area (Å²) in [5.74, 6) is 0.769. The number of nitrogens with zero attached hydrogens (tertiary/aromatic N) is 2. The van der Waals surface area contributed by atoms with Crippen molar-refractivity contribution in [3.05, 3.63) is 24.3 Å². The molecule has 1 aromatic heterocycles. The standard InChI is InChI=1S/C7H6N2O/c1-2-6-7(10-3-1)4-8-5-9-6/h1-2,4-5H,3H2. The van der Waals surface area contributed by atoms with Gasteiger partial charge in [-0.2, -0.15) is 0 Å². The van der Waals surface area contributed by atoms with Gasteiger partial charge in [-0.25, -0.2) is 9.97 Å². The van der Waals surface area contributed by atoms with Crippen molar-refractivity contribution in [3.63, 3.8) is 0 Å². The van der Waals surface area contributed by atoms with Gasteiger partial charge >= 0.3 is 0 Å². The van der Waals surface area contributed by atoms with E-state index in [0.29, 0.717) is 6.61 Å². The normalized spacial score (nSPS) is 14.0. The van der Waals surface area contributed by atoms with Gasteiger partial charge in [0.15, 0.2) is 5.75 Å². The van der Waals surface area contributed by atoms with Crippen LogP contribution in [0, 0.1) is 0 Å². The molecule has 0 bridgehead atoms. The van der Waals surface area contributed by atoms with E-state index in [4.69, 9.17) is 4.74 Å². The summed E-state index contributed by atoms with van der Waals surface area (Å²) in [5, 5.41) is 0. The average molecular weight is 134 g/mol. The molecular formula is C7H6N2O. The van der Waals surface area contributed by atoms with E-state index in [-0.39, 0.29) is 0 Å². The Morgan fingerprint density at radius 3 is 3.40 bits per heavy atom. The molecule has 3 heteroatoms. The Kier molecular flexibility index (Phi) is 1.13. The monoisotopic (exact) mass is 134 g/mol. The smallest absolute Gasteiger partial charge is 0.163 e.